The Kier molecular flexibility index (Phi) is 7.64. The van der Waals surface area contributed by atoms with Crippen LogP contribution in [0.25, 0.3) is 0 Å². The van der Waals surface area contributed by atoms with Crippen LogP contribution in [0.3, 0.4) is 0 Å². The van der Waals surface area contributed by atoms with E-state index in [0.29, 0.717) is 26.1 Å². The van der Waals surface area contributed by atoms with Crippen molar-refractivity contribution in [3.05, 3.63) is 0 Å². The third-order valence-electron chi connectivity index (χ3n) is 2.57. The molecule has 0 aromatic carbocycles. The van der Waals surface area contributed by atoms with Crippen LogP contribution in [0, 0.1) is 0 Å². The van der Waals surface area contributed by atoms with Gasteiger partial charge in [0.1, 0.15) is 5.60 Å². The van der Waals surface area contributed by atoms with Crippen molar-refractivity contribution in [2.24, 2.45) is 0 Å². The van der Waals surface area contributed by atoms with Gasteiger partial charge in [0.05, 0.1) is 24.4 Å². The number of aliphatic hydroxyl groups is 1. The Balaban J connectivity index is 3.82. The number of ether oxygens (including phenoxy) is 2. The van der Waals surface area contributed by atoms with Crippen molar-refractivity contribution < 1.29 is 24.2 Å². The van der Waals surface area contributed by atoms with E-state index in [0.717, 1.165) is 0 Å². The van der Waals surface area contributed by atoms with Crippen molar-refractivity contribution in [1.82, 2.24) is 5.48 Å². The minimum atomic E-state index is -0.731. The summed E-state index contributed by atoms with van der Waals surface area (Å²) >= 11 is 0. The number of hydroxylamine groups is 1. The number of hydrogen-bond donors (Lipinski definition) is 2. The third kappa shape index (κ3) is 13.9. The summed E-state index contributed by atoms with van der Waals surface area (Å²) in [6, 6.07) is 0. The Labute approximate surface area is 128 Å². The van der Waals surface area contributed by atoms with Crippen LogP contribution >= 0.6 is 0 Å². The number of rotatable bonds is 8. The van der Waals surface area contributed by atoms with E-state index in [1.54, 1.807) is 34.6 Å². The maximum Gasteiger partial charge on any atom is 0.431 e. The molecule has 1 amide bonds. The molecule has 126 valence electrons. The van der Waals surface area contributed by atoms with Crippen LogP contribution in [0.15, 0.2) is 0 Å². The highest BCUT2D eigenvalue weighted by atomic mass is 16.7. The monoisotopic (exact) mass is 305 g/mol. The molecule has 0 bridgehead atoms. The minimum absolute atomic E-state index is 0.314. The van der Waals surface area contributed by atoms with Gasteiger partial charge in [-0.1, -0.05) is 0 Å². The Morgan fingerprint density at radius 3 is 2.05 bits per heavy atom. The number of hydrogen-bond acceptors (Lipinski definition) is 5. The first-order valence-electron chi connectivity index (χ1n) is 7.28. The van der Waals surface area contributed by atoms with E-state index in [4.69, 9.17) is 14.3 Å². The Morgan fingerprint density at radius 2 is 1.57 bits per heavy atom. The van der Waals surface area contributed by atoms with Crippen molar-refractivity contribution in [3.8, 4) is 0 Å². The van der Waals surface area contributed by atoms with E-state index < -0.39 is 17.3 Å². The summed E-state index contributed by atoms with van der Waals surface area (Å²) in [5, 5.41) is 9.62. The summed E-state index contributed by atoms with van der Waals surface area (Å²) in [7, 11) is 0. The molecular formula is C15H31NO5. The highest BCUT2D eigenvalue weighted by Crippen LogP contribution is 2.17. The Hall–Kier alpha value is -0.850. The lowest BCUT2D eigenvalue weighted by atomic mass is 10.0. The molecule has 2 N–H and O–H groups in total. The molecule has 0 unspecified atom stereocenters. The van der Waals surface area contributed by atoms with Crippen molar-refractivity contribution in [2.45, 2.75) is 78.1 Å². The average molecular weight is 305 g/mol. The summed E-state index contributed by atoms with van der Waals surface area (Å²) < 4.78 is 10.7. The molecule has 0 aromatic heterocycles. The van der Waals surface area contributed by atoms with E-state index in [-0.39, 0.29) is 5.60 Å². The molecule has 0 saturated carbocycles. The van der Waals surface area contributed by atoms with Gasteiger partial charge in [-0.15, -0.1) is 0 Å². The van der Waals surface area contributed by atoms with E-state index in [1.165, 1.54) is 0 Å². The van der Waals surface area contributed by atoms with Gasteiger partial charge in [-0.2, -0.15) is 5.48 Å². The summed E-state index contributed by atoms with van der Waals surface area (Å²) in [4.78, 5) is 16.4. The largest absolute Gasteiger partial charge is 0.442 e. The molecule has 21 heavy (non-hydrogen) atoms. The SMILES string of the molecule is CC(C)(O)CCOC(C)(C)CCONC(=O)OC(C)(C)C. The summed E-state index contributed by atoms with van der Waals surface area (Å²) in [6.45, 7) is 13.5. The van der Waals surface area contributed by atoms with Crippen LogP contribution < -0.4 is 5.48 Å². The van der Waals surface area contributed by atoms with E-state index in [2.05, 4.69) is 5.48 Å². The van der Waals surface area contributed by atoms with Gasteiger partial charge < -0.3 is 14.6 Å². The van der Waals surface area contributed by atoms with Crippen LogP contribution in [-0.2, 0) is 14.3 Å². The fourth-order valence-corrected chi connectivity index (χ4v) is 1.35. The zero-order valence-corrected chi connectivity index (χ0v) is 14.4. The van der Waals surface area contributed by atoms with E-state index >= 15 is 0 Å². The molecule has 0 atom stereocenters. The van der Waals surface area contributed by atoms with E-state index in [1.807, 2.05) is 13.8 Å². The summed E-state index contributed by atoms with van der Waals surface area (Å²) in [6.07, 6.45) is 0.561. The van der Waals surface area contributed by atoms with Gasteiger partial charge >= 0.3 is 6.09 Å². The lowest BCUT2D eigenvalue weighted by Crippen LogP contribution is -2.34. The smallest absolute Gasteiger partial charge is 0.431 e. The Morgan fingerprint density at radius 1 is 1.00 bits per heavy atom. The quantitative estimate of drug-likeness (QED) is 0.532. The van der Waals surface area contributed by atoms with Gasteiger partial charge in [0.15, 0.2) is 0 Å². The summed E-state index contributed by atoms with van der Waals surface area (Å²) in [5.74, 6) is 0. The van der Waals surface area contributed by atoms with E-state index in [9.17, 15) is 9.90 Å². The number of amides is 1. The average Bonchev–Trinajstić information content (AvgIpc) is 2.19. The highest BCUT2D eigenvalue weighted by molar-refractivity contribution is 5.66. The fraction of sp³-hybridized carbons (Fsp3) is 0.933. The van der Waals surface area contributed by atoms with Gasteiger partial charge in [-0.3, -0.25) is 4.84 Å². The first kappa shape index (κ1) is 20.1. The predicted molar refractivity (Wildman–Crippen MR) is 80.9 cm³/mol. The molecule has 6 nitrogen and oxygen atoms in total. The number of carbonyl (C=O) groups excluding carboxylic acids is 1. The molecule has 0 aliphatic carbocycles. The van der Waals surface area contributed by atoms with Crippen LogP contribution in [0.2, 0.25) is 0 Å². The van der Waals surface area contributed by atoms with Gasteiger partial charge in [-0.05, 0) is 54.9 Å². The maximum absolute atomic E-state index is 11.3. The fourth-order valence-electron chi connectivity index (χ4n) is 1.35. The first-order chi connectivity index (χ1) is 9.31. The predicted octanol–water partition coefficient (Wildman–Crippen LogP) is 2.79. The zero-order chi connectivity index (χ0) is 16.7. The second-order valence-corrected chi connectivity index (χ2v) is 7.37. The lowest BCUT2D eigenvalue weighted by molar-refractivity contribution is -0.0719. The van der Waals surface area contributed by atoms with Gasteiger partial charge in [-0.25, -0.2) is 4.79 Å². The standard InChI is InChI=1S/C15H31NO5/c1-13(2,3)21-12(17)16-20-11-9-15(6,7)19-10-8-14(4,5)18/h18H,8-11H2,1-7H3,(H,16,17). The van der Waals surface area contributed by atoms with Gasteiger partial charge in [0, 0.05) is 6.42 Å². The van der Waals surface area contributed by atoms with Crippen molar-refractivity contribution in [1.29, 1.82) is 0 Å². The van der Waals surface area contributed by atoms with Crippen molar-refractivity contribution in [3.63, 3.8) is 0 Å². The molecule has 0 heterocycles. The highest BCUT2D eigenvalue weighted by Gasteiger charge is 2.21. The third-order valence-corrected chi connectivity index (χ3v) is 2.57. The van der Waals surface area contributed by atoms with Crippen LogP contribution in [0.5, 0.6) is 0 Å². The molecule has 0 saturated heterocycles. The zero-order valence-electron chi connectivity index (χ0n) is 14.4. The van der Waals surface area contributed by atoms with Crippen molar-refractivity contribution >= 4 is 6.09 Å². The Bertz CT molecular complexity index is 315. The van der Waals surface area contributed by atoms with Crippen LogP contribution in [0.1, 0.15) is 61.3 Å². The normalized spacial score (nSPS) is 13.1. The molecule has 6 heteroatoms. The molecule has 0 radical (unpaired) electrons. The molecule has 0 aliphatic rings. The van der Waals surface area contributed by atoms with Crippen LogP contribution in [0.4, 0.5) is 4.79 Å². The summed E-state index contributed by atoms with van der Waals surface area (Å²) in [5.41, 5.74) is 0.567. The molecular weight excluding hydrogens is 274 g/mol. The lowest BCUT2D eigenvalue weighted by Gasteiger charge is -2.27. The number of carbonyl (C=O) groups is 1. The number of nitrogens with one attached hydrogen (secondary N) is 1. The van der Waals surface area contributed by atoms with Gasteiger partial charge in [0.25, 0.3) is 0 Å². The molecule has 0 aromatic rings. The molecule has 0 aliphatic heterocycles. The second-order valence-electron chi connectivity index (χ2n) is 7.37. The molecule has 0 spiro atoms. The van der Waals surface area contributed by atoms with Crippen molar-refractivity contribution in [2.75, 3.05) is 13.2 Å². The van der Waals surface area contributed by atoms with Gasteiger partial charge in [0.2, 0.25) is 0 Å². The molecule has 0 fully saturated rings. The van der Waals surface area contributed by atoms with Crippen LogP contribution in [-0.4, -0.2) is 41.2 Å². The maximum atomic E-state index is 11.3. The molecule has 0 rings (SSSR count). The first-order valence-corrected chi connectivity index (χ1v) is 7.28. The topological polar surface area (TPSA) is 77.0 Å². The minimum Gasteiger partial charge on any atom is -0.442 e. The second kappa shape index (κ2) is 7.96.